The van der Waals surface area contributed by atoms with E-state index in [9.17, 15) is 18.0 Å². The van der Waals surface area contributed by atoms with Gasteiger partial charge in [0, 0.05) is 41.9 Å². The van der Waals surface area contributed by atoms with Gasteiger partial charge in [-0.25, -0.2) is 4.79 Å². The Bertz CT molecular complexity index is 1690. The van der Waals surface area contributed by atoms with Crippen molar-refractivity contribution < 1.29 is 13.2 Å². The van der Waals surface area contributed by atoms with Gasteiger partial charge in [0.2, 0.25) is 0 Å². The summed E-state index contributed by atoms with van der Waals surface area (Å²) in [6.45, 7) is 2.77. The fourth-order valence-electron chi connectivity index (χ4n) is 5.92. The van der Waals surface area contributed by atoms with Gasteiger partial charge in [0.1, 0.15) is 11.5 Å². The number of nitrogens with two attached hydrogens (primary N) is 3. The normalized spacial score (nSPS) is 18.4. The summed E-state index contributed by atoms with van der Waals surface area (Å²) in [5.41, 5.74) is 19.4. The molecule has 12 heteroatoms. The van der Waals surface area contributed by atoms with E-state index in [0.717, 1.165) is 37.3 Å². The molecular formula is C33H41F3N8O. The monoisotopic (exact) mass is 622 g/mol. The summed E-state index contributed by atoms with van der Waals surface area (Å²) in [7, 11) is 0. The predicted octanol–water partition coefficient (Wildman–Crippen LogP) is 4.96. The molecule has 1 aliphatic rings. The van der Waals surface area contributed by atoms with E-state index in [-0.39, 0.29) is 18.6 Å². The Morgan fingerprint density at radius 3 is 2.64 bits per heavy atom. The zero-order chi connectivity index (χ0) is 32.1. The van der Waals surface area contributed by atoms with E-state index in [1.807, 2.05) is 31.2 Å². The van der Waals surface area contributed by atoms with Crippen molar-refractivity contribution in [3.8, 4) is 16.9 Å². The number of piperidine rings is 1. The Morgan fingerprint density at radius 1 is 1.16 bits per heavy atom. The molecule has 5 rings (SSSR count). The van der Waals surface area contributed by atoms with Gasteiger partial charge < -0.3 is 27.5 Å². The highest BCUT2D eigenvalue weighted by Crippen LogP contribution is 2.34. The third kappa shape index (κ3) is 8.19. The molecule has 0 radical (unpaired) electrons. The van der Waals surface area contributed by atoms with Gasteiger partial charge in [-0.05, 0) is 98.5 Å². The highest BCUT2D eigenvalue weighted by Gasteiger charge is 2.31. The second-order valence-corrected chi connectivity index (χ2v) is 12.0. The molecule has 1 saturated heterocycles. The number of aliphatic imine (C=N–C) groups is 1. The maximum atomic E-state index is 13.8. The van der Waals surface area contributed by atoms with Crippen LogP contribution in [0.2, 0.25) is 0 Å². The van der Waals surface area contributed by atoms with Crippen LogP contribution in [0.25, 0.3) is 28.0 Å². The lowest BCUT2D eigenvalue weighted by Crippen LogP contribution is -2.37. The molecule has 2 aromatic heterocycles. The summed E-state index contributed by atoms with van der Waals surface area (Å²) in [6.07, 6.45) is 3.10. The first-order valence-corrected chi connectivity index (χ1v) is 15.4. The van der Waals surface area contributed by atoms with Crippen molar-refractivity contribution in [2.75, 3.05) is 13.1 Å². The van der Waals surface area contributed by atoms with E-state index in [1.165, 1.54) is 10.6 Å². The summed E-state index contributed by atoms with van der Waals surface area (Å²) in [5.74, 6) is 0.463. The van der Waals surface area contributed by atoms with Crippen molar-refractivity contribution in [3.05, 3.63) is 81.9 Å². The number of amidine groups is 1. The topological polar surface area (TPSA) is 153 Å². The van der Waals surface area contributed by atoms with Crippen LogP contribution in [0.15, 0.2) is 64.5 Å². The molecule has 3 heterocycles. The van der Waals surface area contributed by atoms with E-state index in [1.54, 1.807) is 18.3 Å². The van der Waals surface area contributed by atoms with Gasteiger partial charge in [0.05, 0.1) is 17.8 Å². The molecule has 0 saturated carbocycles. The molecule has 8 N–H and O–H groups in total. The molecule has 1 aliphatic heterocycles. The number of aromatic nitrogens is 3. The fraction of sp³-hybridized carbons (Fsp3) is 0.424. The number of H-pyrrole nitrogens is 1. The number of nitrogens with zero attached hydrogens (tertiary/aromatic N) is 3. The van der Waals surface area contributed by atoms with E-state index >= 15 is 0 Å². The number of aromatic amines is 1. The van der Waals surface area contributed by atoms with Crippen LogP contribution in [-0.2, 0) is 12.6 Å². The van der Waals surface area contributed by atoms with E-state index in [2.05, 4.69) is 20.3 Å². The lowest BCUT2D eigenvalue weighted by molar-refractivity contribution is -0.137. The van der Waals surface area contributed by atoms with Gasteiger partial charge in [-0.15, -0.1) is 0 Å². The summed E-state index contributed by atoms with van der Waals surface area (Å²) in [5, 5.41) is 4.32. The average molecular weight is 623 g/mol. The Labute approximate surface area is 260 Å². The average Bonchev–Trinajstić information content (AvgIpc) is 3.43. The van der Waals surface area contributed by atoms with Crippen LogP contribution in [0.5, 0.6) is 0 Å². The Hall–Kier alpha value is -4.00. The van der Waals surface area contributed by atoms with Crippen LogP contribution >= 0.6 is 0 Å². The highest BCUT2D eigenvalue weighted by atomic mass is 19.4. The van der Waals surface area contributed by atoms with E-state index < -0.39 is 17.4 Å². The molecule has 3 atom stereocenters. The van der Waals surface area contributed by atoms with Crippen LogP contribution in [0.1, 0.15) is 68.2 Å². The van der Waals surface area contributed by atoms with Crippen molar-refractivity contribution in [1.82, 2.24) is 19.9 Å². The van der Waals surface area contributed by atoms with Crippen molar-refractivity contribution in [1.29, 1.82) is 0 Å². The van der Waals surface area contributed by atoms with Crippen LogP contribution in [0.3, 0.4) is 0 Å². The quantitative estimate of drug-likeness (QED) is 0.118. The summed E-state index contributed by atoms with van der Waals surface area (Å²) in [6, 6.07) is 14.1. The van der Waals surface area contributed by atoms with E-state index in [4.69, 9.17) is 17.2 Å². The molecule has 0 aliphatic carbocycles. The molecule has 2 aromatic carbocycles. The number of rotatable bonds is 11. The Balaban J connectivity index is 1.36. The zero-order valence-corrected chi connectivity index (χ0v) is 25.4. The molecule has 0 amide bonds. The molecule has 0 unspecified atom stereocenters. The summed E-state index contributed by atoms with van der Waals surface area (Å²) >= 11 is 0. The maximum Gasteiger partial charge on any atom is 0.416 e. The van der Waals surface area contributed by atoms with Crippen LogP contribution in [0, 0.1) is 0 Å². The first-order valence-electron chi connectivity index (χ1n) is 15.4. The predicted molar refractivity (Wildman–Crippen MR) is 172 cm³/mol. The molecule has 4 aromatic rings. The number of benzene rings is 2. The third-order valence-electron chi connectivity index (χ3n) is 8.32. The maximum absolute atomic E-state index is 13.8. The molecule has 0 spiro atoms. The SMILES string of the molecule is C[C@H](N)CCCc1cc(-c2cc3cn(-c4ccc([C@@H]5CCC[C@@H](CCN=C(N)CN)N5)cc4)c(=O)nc3[nH]2)cc(C(F)(F)F)c1. The largest absolute Gasteiger partial charge is 0.416 e. The fourth-order valence-corrected chi connectivity index (χ4v) is 5.92. The number of nitrogens with one attached hydrogen (secondary N) is 2. The lowest BCUT2D eigenvalue weighted by atomic mass is 9.92. The number of aryl methyl sites for hydroxylation is 1. The minimum atomic E-state index is -4.49. The van der Waals surface area contributed by atoms with Gasteiger partial charge in [-0.3, -0.25) is 9.56 Å². The molecule has 0 bridgehead atoms. The molecule has 240 valence electrons. The highest BCUT2D eigenvalue weighted by molar-refractivity contribution is 5.83. The van der Waals surface area contributed by atoms with Crippen LogP contribution in [-0.4, -0.2) is 45.5 Å². The van der Waals surface area contributed by atoms with Gasteiger partial charge in [0.15, 0.2) is 0 Å². The first kappa shape index (κ1) is 32.4. The number of halogens is 3. The summed E-state index contributed by atoms with van der Waals surface area (Å²) < 4.78 is 42.7. The van der Waals surface area contributed by atoms with Crippen molar-refractivity contribution in [3.63, 3.8) is 0 Å². The third-order valence-corrected chi connectivity index (χ3v) is 8.32. The van der Waals surface area contributed by atoms with Crippen molar-refractivity contribution >= 4 is 16.9 Å². The van der Waals surface area contributed by atoms with Crippen molar-refractivity contribution in [2.45, 2.75) is 76.2 Å². The Morgan fingerprint density at radius 2 is 1.93 bits per heavy atom. The number of hydrogen-bond donors (Lipinski definition) is 5. The number of hydrogen-bond acceptors (Lipinski definition) is 6. The van der Waals surface area contributed by atoms with Gasteiger partial charge in [0.25, 0.3) is 0 Å². The minimum Gasteiger partial charge on any atom is -0.386 e. The smallest absolute Gasteiger partial charge is 0.386 e. The standard InChI is InChI=1S/C33H41F3N8O/c1-20(38)4-2-5-21-14-23(16-25(15-21)33(34,35)36)29-17-24-19-44(32(45)43-31(24)42-29)27-10-8-22(9-11-27)28-7-3-6-26(41-28)12-13-40-30(39)18-37/h8-11,14-17,19-20,26,28,41H,2-7,12-13,18,37-38H2,1H3,(H2,39,40)(H,42,43,45)/t20-,26-,28-/m0/s1. The Kier molecular flexibility index (Phi) is 10.1. The minimum absolute atomic E-state index is 0.0199. The molecule has 1 fully saturated rings. The second kappa shape index (κ2) is 14.0. The summed E-state index contributed by atoms with van der Waals surface area (Å²) in [4.78, 5) is 24.6. The van der Waals surface area contributed by atoms with Gasteiger partial charge >= 0.3 is 11.9 Å². The first-order chi connectivity index (χ1) is 21.5. The van der Waals surface area contributed by atoms with E-state index in [0.29, 0.717) is 71.2 Å². The number of alkyl halides is 3. The molecule has 45 heavy (non-hydrogen) atoms. The zero-order valence-electron chi connectivity index (χ0n) is 25.4. The van der Waals surface area contributed by atoms with Gasteiger partial charge in [-0.1, -0.05) is 18.6 Å². The molecular weight excluding hydrogens is 581 g/mol. The van der Waals surface area contributed by atoms with Crippen LogP contribution < -0.4 is 28.2 Å². The second-order valence-electron chi connectivity index (χ2n) is 12.0. The van der Waals surface area contributed by atoms with Crippen LogP contribution in [0.4, 0.5) is 13.2 Å². The van der Waals surface area contributed by atoms with Crippen molar-refractivity contribution in [2.24, 2.45) is 22.2 Å². The van der Waals surface area contributed by atoms with Gasteiger partial charge in [-0.2, -0.15) is 18.2 Å². The number of fused-ring (bicyclic) bond motifs is 1. The lowest BCUT2D eigenvalue weighted by Gasteiger charge is -2.31. The molecule has 9 nitrogen and oxygen atoms in total.